The molecule has 0 bridgehead atoms. The summed E-state index contributed by atoms with van der Waals surface area (Å²) in [7, 11) is 0. The molecule has 106 valence electrons. The van der Waals surface area contributed by atoms with Gasteiger partial charge in [-0.05, 0) is 30.0 Å². The molecule has 0 aromatic heterocycles. The summed E-state index contributed by atoms with van der Waals surface area (Å²) in [5.74, 6) is -1.86. The lowest BCUT2D eigenvalue weighted by Gasteiger charge is -2.14. The Morgan fingerprint density at radius 3 is 2.68 bits per heavy atom. The SMILES string of the molecule is CCC(CCO)CNC(=O)Cc1ccc(F)c(F)c1. The summed E-state index contributed by atoms with van der Waals surface area (Å²) < 4.78 is 25.7. The quantitative estimate of drug-likeness (QED) is 0.797. The monoisotopic (exact) mass is 271 g/mol. The number of benzene rings is 1. The van der Waals surface area contributed by atoms with E-state index in [9.17, 15) is 13.6 Å². The minimum absolute atomic E-state index is 0.0206. The zero-order chi connectivity index (χ0) is 14.3. The van der Waals surface area contributed by atoms with E-state index in [4.69, 9.17) is 5.11 Å². The number of nitrogens with one attached hydrogen (secondary N) is 1. The van der Waals surface area contributed by atoms with Gasteiger partial charge in [0.1, 0.15) is 0 Å². The number of carbonyl (C=O) groups is 1. The molecule has 3 nitrogen and oxygen atoms in total. The summed E-state index contributed by atoms with van der Waals surface area (Å²) in [4.78, 5) is 11.6. The first kappa shape index (κ1) is 15.6. The number of aliphatic hydroxyl groups excluding tert-OH is 1. The molecule has 1 aromatic rings. The Labute approximate surface area is 111 Å². The molecule has 1 amide bonds. The normalized spacial score (nSPS) is 12.2. The van der Waals surface area contributed by atoms with Gasteiger partial charge in [-0.25, -0.2) is 8.78 Å². The Kier molecular flexibility index (Phi) is 6.42. The van der Waals surface area contributed by atoms with Crippen LogP contribution in [-0.2, 0) is 11.2 Å². The number of rotatable bonds is 7. The summed E-state index contributed by atoms with van der Waals surface area (Å²) in [5, 5.41) is 11.6. The highest BCUT2D eigenvalue weighted by Crippen LogP contribution is 2.10. The molecule has 0 radical (unpaired) electrons. The molecular weight excluding hydrogens is 252 g/mol. The number of carbonyl (C=O) groups excluding carboxylic acids is 1. The minimum atomic E-state index is -0.947. The summed E-state index contributed by atoms with van der Waals surface area (Å²) in [5.41, 5.74) is 0.437. The standard InChI is InChI=1S/C14H19F2NO2/c1-2-10(5-6-18)9-17-14(19)8-11-3-4-12(15)13(16)7-11/h3-4,7,10,18H,2,5-6,8-9H2,1H3,(H,17,19). The summed E-state index contributed by atoms with van der Waals surface area (Å²) >= 11 is 0. The molecule has 0 aliphatic heterocycles. The van der Waals surface area contributed by atoms with E-state index in [0.29, 0.717) is 18.5 Å². The highest BCUT2D eigenvalue weighted by Gasteiger charge is 2.10. The highest BCUT2D eigenvalue weighted by molar-refractivity contribution is 5.78. The predicted octanol–water partition coefficient (Wildman–Crippen LogP) is 2.03. The number of hydrogen-bond acceptors (Lipinski definition) is 2. The molecule has 1 atom stereocenters. The molecule has 0 fully saturated rings. The van der Waals surface area contributed by atoms with Crippen LogP contribution in [0.1, 0.15) is 25.3 Å². The molecule has 1 unspecified atom stereocenters. The third-order valence-electron chi connectivity index (χ3n) is 3.05. The van der Waals surface area contributed by atoms with Crippen molar-refractivity contribution in [3.05, 3.63) is 35.4 Å². The second-order valence-corrected chi connectivity index (χ2v) is 4.52. The number of hydrogen-bond donors (Lipinski definition) is 2. The zero-order valence-electron chi connectivity index (χ0n) is 11.0. The summed E-state index contributed by atoms with van der Waals surface area (Å²) in [6.45, 7) is 2.57. The van der Waals surface area contributed by atoms with Crippen LogP contribution in [0.5, 0.6) is 0 Å². The predicted molar refractivity (Wildman–Crippen MR) is 68.6 cm³/mol. The van der Waals surface area contributed by atoms with Crippen LogP contribution in [0.2, 0.25) is 0 Å². The van der Waals surface area contributed by atoms with E-state index in [1.807, 2.05) is 6.92 Å². The third-order valence-corrected chi connectivity index (χ3v) is 3.05. The van der Waals surface area contributed by atoms with Gasteiger partial charge in [0, 0.05) is 13.2 Å². The molecule has 0 heterocycles. The van der Waals surface area contributed by atoms with Crippen LogP contribution < -0.4 is 5.32 Å². The van der Waals surface area contributed by atoms with E-state index in [1.165, 1.54) is 6.07 Å². The van der Waals surface area contributed by atoms with E-state index < -0.39 is 11.6 Å². The lowest BCUT2D eigenvalue weighted by atomic mass is 10.0. The van der Waals surface area contributed by atoms with Gasteiger partial charge in [0.15, 0.2) is 11.6 Å². The first-order chi connectivity index (χ1) is 9.06. The van der Waals surface area contributed by atoms with Crippen molar-refractivity contribution < 1.29 is 18.7 Å². The fraction of sp³-hybridized carbons (Fsp3) is 0.500. The maximum atomic E-state index is 13.0. The maximum Gasteiger partial charge on any atom is 0.224 e. The molecule has 0 aliphatic carbocycles. The van der Waals surface area contributed by atoms with Crippen molar-refractivity contribution in [2.75, 3.05) is 13.2 Å². The summed E-state index contributed by atoms with van der Waals surface area (Å²) in [6.07, 6.45) is 1.53. The Balaban J connectivity index is 2.44. The molecule has 2 N–H and O–H groups in total. The lowest BCUT2D eigenvalue weighted by molar-refractivity contribution is -0.120. The van der Waals surface area contributed by atoms with Crippen LogP contribution in [-0.4, -0.2) is 24.2 Å². The van der Waals surface area contributed by atoms with Gasteiger partial charge >= 0.3 is 0 Å². The van der Waals surface area contributed by atoms with E-state index in [0.717, 1.165) is 18.6 Å². The number of aliphatic hydroxyl groups is 1. The minimum Gasteiger partial charge on any atom is -0.396 e. The first-order valence-corrected chi connectivity index (χ1v) is 6.38. The van der Waals surface area contributed by atoms with Gasteiger partial charge in [-0.3, -0.25) is 4.79 Å². The lowest BCUT2D eigenvalue weighted by Crippen LogP contribution is -2.30. The highest BCUT2D eigenvalue weighted by atomic mass is 19.2. The topological polar surface area (TPSA) is 49.3 Å². The molecule has 1 aromatic carbocycles. The molecule has 0 aliphatic rings. The van der Waals surface area contributed by atoms with Crippen LogP contribution in [0.4, 0.5) is 8.78 Å². The molecule has 0 spiro atoms. The van der Waals surface area contributed by atoms with E-state index >= 15 is 0 Å². The number of amides is 1. The van der Waals surface area contributed by atoms with Crippen molar-refractivity contribution in [1.82, 2.24) is 5.32 Å². The molecule has 19 heavy (non-hydrogen) atoms. The van der Waals surface area contributed by atoms with Gasteiger partial charge in [-0.15, -0.1) is 0 Å². The molecule has 5 heteroatoms. The second kappa shape index (κ2) is 7.84. The Morgan fingerprint density at radius 2 is 2.11 bits per heavy atom. The van der Waals surface area contributed by atoms with Crippen LogP contribution in [0, 0.1) is 17.6 Å². The van der Waals surface area contributed by atoms with Crippen LogP contribution in [0.25, 0.3) is 0 Å². The van der Waals surface area contributed by atoms with Gasteiger partial charge in [0.2, 0.25) is 5.91 Å². The second-order valence-electron chi connectivity index (χ2n) is 4.52. The zero-order valence-corrected chi connectivity index (χ0v) is 11.0. The van der Waals surface area contributed by atoms with Crippen LogP contribution in [0.15, 0.2) is 18.2 Å². The molecule has 1 rings (SSSR count). The number of halogens is 2. The third kappa shape index (κ3) is 5.34. The Bertz CT molecular complexity index is 424. The van der Waals surface area contributed by atoms with Gasteiger partial charge in [-0.2, -0.15) is 0 Å². The summed E-state index contributed by atoms with van der Waals surface area (Å²) in [6, 6.07) is 3.43. The van der Waals surface area contributed by atoms with E-state index in [-0.39, 0.29) is 24.9 Å². The fourth-order valence-electron chi connectivity index (χ4n) is 1.79. The van der Waals surface area contributed by atoms with Crippen molar-refractivity contribution in [3.8, 4) is 0 Å². The van der Waals surface area contributed by atoms with Crippen molar-refractivity contribution in [2.24, 2.45) is 5.92 Å². The largest absolute Gasteiger partial charge is 0.396 e. The maximum absolute atomic E-state index is 13.0. The van der Waals surface area contributed by atoms with Gasteiger partial charge in [0.25, 0.3) is 0 Å². The average Bonchev–Trinajstić information content (AvgIpc) is 2.39. The van der Waals surface area contributed by atoms with Gasteiger partial charge in [-0.1, -0.05) is 19.4 Å². The van der Waals surface area contributed by atoms with Crippen LogP contribution >= 0.6 is 0 Å². The van der Waals surface area contributed by atoms with E-state index in [2.05, 4.69) is 5.32 Å². The van der Waals surface area contributed by atoms with E-state index in [1.54, 1.807) is 0 Å². The Morgan fingerprint density at radius 1 is 1.37 bits per heavy atom. The van der Waals surface area contributed by atoms with Crippen molar-refractivity contribution in [1.29, 1.82) is 0 Å². The van der Waals surface area contributed by atoms with Gasteiger partial charge in [0.05, 0.1) is 6.42 Å². The smallest absolute Gasteiger partial charge is 0.224 e. The van der Waals surface area contributed by atoms with Crippen LogP contribution in [0.3, 0.4) is 0 Å². The average molecular weight is 271 g/mol. The Hall–Kier alpha value is -1.49. The first-order valence-electron chi connectivity index (χ1n) is 6.38. The van der Waals surface area contributed by atoms with Crippen molar-refractivity contribution in [2.45, 2.75) is 26.2 Å². The van der Waals surface area contributed by atoms with Gasteiger partial charge < -0.3 is 10.4 Å². The molecule has 0 saturated carbocycles. The fourth-order valence-corrected chi connectivity index (χ4v) is 1.79. The molecular formula is C14H19F2NO2. The van der Waals surface area contributed by atoms with Crippen molar-refractivity contribution in [3.63, 3.8) is 0 Å². The van der Waals surface area contributed by atoms with Crippen molar-refractivity contribution >= 4 is 5.91 Å². The molecule has 0 saturated heterocycles.